The van der Waals surface area contributed by atoms with Gasteiger partial charge >= 0.3 is 5.97 Å². The number of nitrogens with one attached hydrogen (secondary N) is 1. The van der Waals surface area contributed by atoms with Crippen LogP contribution in [0.4, 0.5) is 0 Å². The van der Waals surface area contributed by atoms with Crippen molar-refractivity contribution < 1.29 is 14.6 Å². The Bertz CT molecular complexity index is 694. The molecule has 1 heterocycles. The summed E-state index contributed by atoms with van der Waals surface area (Å²) in [5.41, 5.74) is 4.00. The third-order valence-electron chi connectivity index (χ3n) is 3.58. The number of carboxylic acid groups (broad SMARTS) is 1. The highest BCUT2D eigenvalue weighted by Gasteiger charge is 2.23. The maximum Gasteiger partial charge on any atom is 0.353 e. The van der Waals surface area contributed by atoms with Crippen LogP contribution < -0.4 is 4.74 Å². The molecular weight excluding hydrogens is 324 g/mol. The lowest BCUT2D eigenvalue weighted by atomic mass is 10.0. The van der Waals surface area contributed by atoms with Crippen molar-refractivity contribution in [3.63, 3.8) is 0 Å². The first-order chi connectivity index (χ1) is 9.61. The Kier molecular flexibility index (Phi) is 3.25. The van der Waals surface area contributed by atoms with Gasteiger partial charge in [0.1, 0.15) is 11.4 Å². The van der Waals surface area contributed by atoms with Gasteiger partial charge in [-0.25, -0.2) is 4.79 Å². The first kappa shape index (κ1) is 13.2. The van der Waals surface area contributed by atoms with Crippen LogP contribution in [0.1, 0.15) is 28.0 Å². The van der Waals surface area contributed by atoms with Gasteiger partial charge in [0.2, 0.25) is 0 Å². The van der Waals surface area contributed by atoms with Crippen LogP contribution in [-0.4, -0.2) is 28.4 Å². The molecule has 0 saturated carbocycles. The largest absolute Gasteiger partial charge is 0.495 e. The topological polar surface area (TPSA) is 75.2 Å². The van der Waals surface area contributed by atoms with Crippen molar-refractivity contribution in [2.24, 2.45) is 0 Å². The Balaban J connectivity index is 2.17. The molecule has 0 amide bonds. The molecule has 0 unspecified atom stereocenters. The number of benzene rings is 1. The number of carboxylic acids is 1. The predicted octanol–water partition coefficient (Wildman–Crippen LogP) is 3.03. The quantitative estimate of drug-likeness (QED) is 0.903. The normalized spacial score (nSPS) is 13.3. The van der Waals surface area contributed by atoms with E-state index in [0.29, 0.717) is 11.4 Å². The second-order valence-corrected chi connectivity index (χ2v) is 5.53. The molecule has 1 aromatic heterocycles. The van der Waals surface area contributed by atoms with Gasteiger partial charge in [-0.3, -0.25) is 5.10 Å². The highest BCUT2D eigenvalue weighted by Crippen LogP contribution is 2.42. The summed E-state index contributed by atoms with van der Waals surface area (Å²) in [6.45, 7) is 0. The van der Waals surface area contributed by atoms with E-state index < -0.39 is 5.97 Å². The Labute approximate surface area is 124 Å². The second kappa shape index (κ2) is 4.94. The number of halogens is 1. The zero-order chi connectivity index (χ0) is 14.3. The van der Waals surface area contributed by atoms with Crippen LogP contribution in [-0.2, 0) is 12.8 Å². The summed E-state index contributed by atoms with van der Waals surface area (Å²) in [6, 6.07) is 3.57. The van der Waals surface area contributed by atoms with E-state index in [2.05, 4.69) is 26.1 Å². The number of ether oxygens (including phenoxy) is 1. The van der Waals surface area contributed by atoms with Gasteiger partial charge < -0.3 is 9.84 Å². The van der Waals surface area contributed by atoms with Crippen LogP contribution in [0.25, 0.3) is 11.3 Å². The lowest BCUT2D eigenvalue weighted by Crippen LogP contribution is -1.95. The molecule has 1 aromatic carbocycles. The number of carbonyl (C=O) groups is 1. The van der Waals surface area contributed by atoms with E-state index in [0.717, 1.165) is 29.3 Å². The van der Waals surface area contributed by atoms with Gasteiger partial charge in [0.25, 0.3) is 0 Å². The molecule has 5 nitrogen and oxygen atoms in total. The van der Waals surface area contributed by atoms with Crippen LogP contribution in [0.5, 0.6) is 5.75 Å². The number of aryl methyl sites for hydroxylation is 1. The number of rotatable bonds is 3. The standard InChI is InChI=1S/C14H13BrN2O3/c1-20-13-9(10-6-11(14(18)19)17-16-10)5-7-3-2-4-8(7)12(13)15/h5-6H,2-4H2,1H3,(H,16,17)(H,18,19). The minimum absolute atomic E-state index is 0.0682. The minimum Gasteiger partial charge on any atom is -0.495 e. The highest BCUT2D eigenvalue weighted by molar-refractivity contribution is 9.10. The van der Waals surface area contributed by atoms with Gasteiger partial charge in [0.05, 0.1) is 17.3 Å². The molecule has 0 fully saturated rings. The average molecular weight is 337 g/mol. The lowest BCUT2D eigenvalue weighted by Gasteiger charge is -2.13. The minimum atomic E-state index is -1.03. The number of hydrogen-bond donors (Lipinski definition) is 2. The number of aromatic nitrogens is 2. The van der Waals surface area contributed by atoms with Crippen LogP contribution >= 0.6 is 15.9 Å². The smallest absolute Gasteiger partial charge is 0.353 e. The van der Waals surface area contributed by atoms with Gasteiger partial charge in [-0.2, -0.15) is 5.10 Å². The van der Waals surface area contributed by atoms with Crippen molar-refractivity contribution in [3.8, 4) is 17.0 Å². The van der Waals surface area contributed by atoms with Crippen molar-refractivity contribution in [3.05, 3.63) is 33.4 Å². The van der Waals surface area contributed by atoms with E-state index in [1.165, 1.54) is 17.2 Å². The van der Waals surface area contributed by atoms with E-state index in [1.54, 1.807) is 7.11 Å². The Hall–Kier alpha value is -1.82. The summed E-state index contributed by atoms with van der Waals surface area (Å²) in [5, 5.41) is 15.6. The van der Waals surface area contributed by atoms with Crippen molar-refractivity contribution in [2.75, 3.05) is 7.11 Å². The fraction of sp³-hybridized carbons (Fsp3) is 0.286. The van der Waals surface area contributed by atoms with Crippen molar-refractivity contribution in [1.82, 2.24) is 10.2 Å². The maximum absolute atomic E-state index is 10.9. The molecule has 2 aromatic rings. The molecule has 104 valence electrons. The highest BCUT2D eigenvalue weighted by atomic mass is 79.9. The predicted molar refractivity (Wildman–Crippen MR) is 77.3 cm³/mol. The summed E-state index contributed by atoms with van der Waals surface area (Å²) in [6.07, 6.45) is 3.19. The van der Waals surface area contributed by atoms with E-state index in [9.17, 15) is 4.79 Å². The third-order valence-corrected chi connectivity index (χ3v) is 4.42. The summed E-state index contributed by atoms with van der Waals surface area (Å²) in [5.74, 6) is -0.322. The van der Waals surface area contributed by atoms with Crippen molar-refractivity contribution in [1.29, 1.82) is 0 Å². The number of fused-ring (bicyclic) bond motifs is 1. The average Bonchev–Trinajstić information content (AvgIpc) is 3.07. The second-order valence-electron chi connectivity index (χ2n) is 4.73. The summed E-state index contributed by atoms with van der Waals surface area (Å²) in [4.78, 5) is 10.9. The Morgan fingerprint density at radius 2 is 2.25 bits per heavy atom. The molecule has 3 rings (SSSR count). The number of aromatic carboxylic acids is 1. The molecule has 6 heteroatoms. The monoisotopic (exact) mass is 336 g/mol. The zero-order valence-electron chi connectivity index (χ0n) is 10.9. The third kappa shape index (κ3) is 2.00. The molecule has 1 aliphatic carbocycles. The Morgan fingerprint density at radius 3 is 2.90 bits per heavy atom. The van der Waals surface area contributed by atoms with Gasteiger partial charge in [-0.05, 0) is 58.5 Å². The van der Waals surface area contributed by atoms with Gasteiger partial charge in [0, 0.05) is 5.56 Å². The van der Waals surface area contributed by atoms with Crippen LogP contribution in [0.3, 0.4) is 0 Å². The summed E-state index contributed by atoms with van der Waals surface area (Å²) >= 11 is 3.60. The van der Waals surface area contributed by atoms with Crippen molar-refractivity contribution in [2.45, 2.75) is 19.3 Å². The van der Waals surface area contributed by atoms with Crippen LogP contribution in [0, 0.1) is 0 Å². The molecule has 2 N–H and O–H groups in total. The number of H-pyrrole nitrogens is 1. The molecule has 0 aliphatic heterocycles. The molecule has 0 atom stereocenters. The van der Waals surface area contributed by atoms with Gasteiger partial charge in [0.15, 0.2) is 0 Å². The zero-order valence-corrected chi connectivity index (χ0v) is 12.5. The first-order valence-electron chi connectivity index (χ1n) is 6.29. The van der Waals surface area contributed by atoms with E-state index in [1.807, 2.05) is 6.07 Å². The summed E-state index contributed by atoms with van der Waals surface area (Å²) in [7, 11) is 1.61. The molecular formula is C14H13BrN2O3. The van der Waals surface area contributed by atoms with E-state index in [-0.39, 0.29) is 5.69 Å². The molecule has 0 spiro atoms. The fourth-order valence-corrected chi connectivity index (χ4v) is 3.46. The maximum atomic E-state index is 10.9. The van der Waals surface area contributed by atoms with Gasteiger partial charge in [-0.1, -0.05) is 0 Å². The van der Waals surface area contributed by atoms with Crippen molar-refractivity contribution >= 4 is 21.9 Å². The van der Waals surface area contributed by atoms with E-state index in [4.69, 9.17) is 9.84 Å². The molecule has 20 heavy (non-hydrogen) atoms. The lowest BCUT2D eigenvalue weighted by molar-refractivity contribution is 0.0690. The SMILES string of the molecule is COc1c(-c2cc(C(=O)O)[nH]n2)cc2c(c1Br)CCC2. The van der Waals surface area contributed by atoms with Crippen LogP contribution in [0.15, 0.2) is 16.6 Å². The molecule has 1 aliphatic rings. The molecule has 0 bridgehead atoms. The fourth-order valence-electron chi connectivity index (χ4n) is 2.63. The van der Waals surface area contributed by atoms with E-state index >= 15 is 0 Å². The van der Waals surface area contributed by atoms with Gasteiger partial charge in [-0.15, -0.1) is 0 Å². The number of aromatic amines is 1. The first-order valence-corrected chi connectivity index (χ1v) is 7.08. The number of methoxy groups -OCH3 is 1. The van der Waals surface area contributed by atoms with Crippen LogP contribution in [0.2, 0.25) is 0 Å². The molecule has 0 radical (unpaired) electrons. The summed E-state index contributed by atoms with van der Waals surface area (Å²) < 4.78 is 6.43. The number of hydrogen-bond acceptors (Lipinski definition) is 3. The molecule has 0 saturated heterocycles. The number of nitrogens with zero attached hydrogens (tertiary/aromatic N) is 1. The Morgan fingerprint density at radius 1 is 1.45 bits per heavy atom.